The molecule has 0 radical (unpaired) electrons. The van der Waals surface area contributed by atoms with Crippen molar-refractivity contribution in [1.82, 2.24) is 10.2 Å². The maximum Gasteiger partial charge on any atom is 0.289 e. The van der Waals surface area contributed by atoms with E-state index >= 15 is 0 Å². The molecule has 1 saturated carbocycles. The van der Waals surface area contributed by atoms with Crippen LogP contribution in [0.25, 0.3) is 11.0 Å². The number of carbonyl (C=O) groups is 2. The van der Waals surface area contributed by atoms with Crippen LogP contribution in [0.3, 0.4) is 0 Å². The smallest absolute Gasteiger partial charge is 0.289 e. The molecule has 3 atom stereocenters. The van der Waals surface area contributed by atoms with Gasteiger partial charge in [0.05, 0.1) is 37.0 Å². The number of nitrogens with one attached hydrogen (secondary N) is 1. The average molecular weight is 749 g/mol. The third-order valence-corrected chi connectivity index (χ3v) is 9.52. The Labute approximate surface area is 281 Å². The minimum atomic E-state index is -1.22. The molecule has 248 valence electrons. The number of nitrogens with zero attached hydrogens (tertiary/aromatic N) is 1. The van der Waals surface area contributed by atoms with Crippen LogP contribution in [0, 0.1) is 9.49 Å². The molecule has 3 aromatic rings. The lowest BCUT2D eigenvalue weighted by molar-refractivity contribution is -0.118. The number of ether oxygens (including phenoxy) is 3. The van der Waals surface area contributed by atoms with Crippen LogP contribution in [-0.4, -0.2) is 84.2 Å². The predicted molar refractivity (Wildman–Crippen MR) is 179 cm³/mol. The first-order valence-corrected chi connectivity index (χ1v) is 16.6. The van der Waals surface area contributed by atoms with Crippen LogP contribution in [0.2, 0.25) is 0 Å². The molecule has 1 fully saturated rings. The molecule has 2 aliphatic rings. The van der Waals surface area contributed by atoms with E-state index in [-0.39, 0.29) is 37.9 Å². The van der Waals surface area contributed by atoms with Crippen LogP contribution in [0.15, 0.2) is 52.5 Å². The number of aliphatic hydroxyl groups is 3. The third-order valence-electron chi connectivity index (χ3n) is 8.72. The second kappa shape index (κ2) is 15.5. The minimum Gasteiger partial charge on any atom is -0.493 e. The first kappa shape index (κ1) is 34.0. The molecule has 1 heterocycles. The van der Waals surface area contributed by atoms with E-state index in [0.717, 1.165) is 32.1 Å². The number of rotatable bonds is 12. The number of methoxy groups -OCH3 is 2. The number of halogens is 1. The van der Waals surface area contributed by atoms with Crippen LogP contribution >= 0.6 is 22.6 Å². The van der Waals surface area contributed by atoms with Gasteiger partial charge in [0.15, 0.2) is 28.6 Å². The zero-order valence-electron chi connectivity index (χ0n) is 26.0. The summed E-state index contributed by atoms with van der Waals surface area (Å²) in [5.41, 5.74) is 1.40. The molecule has 0 bridgehead atoms. The molecule has 46 heavy (non-hydrogen) atoms. The summed E-state index contributed by atoms with van der Waals surface area (Å²) >= 11 is 2.07. The minimum absolute atomic E-state index is 0.0504. The van der Waals surface area contributed by atoms with Crippen LogP contribution in [-0.2, 0) is 11.4 Å². The highest BCUT2D eigenvalue weighted by molar-refractivity contribution is 14.1. The molecule has 2 aliphatic carbocycles. The van der Waals surface area contributed by atoms with Gasteiger partial charge in [-0.1, -0.05) is 31.4 Å². The maximum absolute atomic E-state index is 14.4. The van der Waals surface area contributed by atoms with Crippen molar-refractivity contribution in [2.24, 2.45) is 5.92 Å². The molecule has 1 aromatic heterocycles. The lowest BCUT2D eigenvalue weighted by atomic mass is 9.85. The van der Waals surface area contributed by atoms with Crippen LogP contribution in [0.4, 0.5) is 0 Å². The Kier molecular flexibility index (Phi) is 11.5. The normalized spacial score (nSPS) is 20.2. The van der Waals surface area contributed by atoms with Crippen molar-refractivity contribution in [1.29, 1.82) is 0 Å². The number of benzene rings is 2. The summed E-state index contributed by atoms with van der Waals surface area (Å²) in [6.45, 7) is -0.00495. The van der Waals surface area contributed by atoms with E-state index in [0.29, 0.717) is 49.5 Å². The summed E-state index contributed by atoms with van der Waals surface area (Å²) in [5.74, 6) is 0.702. The second-order valence-electron chi connectivity index (χ2n) is 11.7. The Morgan fingerprint density at radius 1 is 1.07 bits per heavy atom. The molecule has 2 aromatic carbocycles. The van der Waals surface area contributed by atoms with Gasteiger partial charge < -0.3 is 44.2 Å². The molecule has 0 spiro atoms. The van der Waals surface area contributed by atoms with Gasteiger partial charge in [-0.3, -0.25) is 9.59 Å². The van der Waals surface area contributed by atoms with Crippen molar-refractivity contribution in [3.63, 3.8) is 0 Å². The van der Waals surface area contributed by atoms with Crippen LogP contribution in [0.5, 0.6) is 17.2 Å². The van der Waals surface area contributed by atoms with Crippen molar-refractivity contribution >= 4 is 45.4 Å². The number of fused-ring (bicyclic) bond motifs is 1. The number of carbonyl (C=O) groups excluding carboxylic acids is 2. The Morgan fingerprint density at radius 3 is 2.52 bits per heavy atom. The van der Waals surface area contributed by atoms with Crippen molar-refractivity contribution in [3.8, 4) is 17.2 Å². The zero-order chi connectivity index (χ0) is 32.8. The molecule has 12 heteroatoms. The second-order valence-corrected chi connectivity index (χ2v) is 12.9. The molecule has 0 saturated heterocycles. The maximum atomic E-state index is 14.4. The van der Waals surface area contributed by atoms with Crippen molar-refractivity contribution in [2.75, 3.05) is 33.9 Å². The van der Waals surface area contributed by atoms with Gasteiger partial charge in [0.1, 0.15) is 12.2 Å². The standard InChI is InChI=1S/C34H41IN2O9/c1-43-26-10-6-9-22-16-29(46-31(22)26)34(42)37(18-20-7-4-3-5-8-20)25-15-23(33(41)36-11-12-38)17-27(30(25)40)45-32-24(35)13-21(19-39)14-28(32)44-2/h6,9-10,13-14,16-17,20,25,27,30,38-40H,3-5,7-8,11-12,15,18-19H2,1-2H3,(H,36,41). The Bertz CT molecular complexity index is 1570. The number of para-hydroxylation sites is 1. The summed E-state index contributed by atoms with van der Waals surface area (Å²) in [4.78, 5) is 29.4. The Balaban J connectivity index is 1.55. The fraction of sp³-hybridized carbons (Fsp3) is 0.471. The molecule has 0 aliphatic heterocycles. The number of hydrogen-bond donors (Lipinski definition) is 4. The summed E-state index contributed by atoms with van der Waals surface area (Å²) in [6, 6.07) is 9.66. The first-order chi connectivity index (χ1) is 22.3. The number of hydrogen-bond acceptors (Lipinski definition) is 9. The fourth-order valence-corrected chi connectivity index (χ4v) is 7.15. The average Bonchev–Trinajstić information content (AvgIpc) is 3.52. The highest BCUT2D eigenvalue weighted by atomic mass is 127. The van der Waals surface area contributed by atoms with Crippen molar-refractivity contribution in [3.05, 3.63) is 62.9 Å². The SMILES string of the molecule is COc1cc(CO)cc(I)c1OC1C=C(C(=O)NCCO)CC(N(CC2CCCCC2)C(=O)c2cc3cccc(OC)c3o2)C1O. The van der Waals surface area contributed by atoms with E-state index in [2.05, 4.69) is 27.9 Å². The van der Waals surface area contributed by atoms with E-state index in [1.54, 1.807) is 35.2 Å². The van der Waals surface area contributed by atoms with Crippen LogP contribution in [0.1, 0.15) is 54.6 Å². The Hall–Kier alpha value is -3.33. The molecule has 4 N–H and O–H groups in total. The van der Waals surface area contributed by atoms with E-state index in [1.165, 1.54) is 14.2 Å². The van der Waals surface area contributed by atoms with Gasteiger partial charge in [-0.05, 0) is 77.3 Å². The van der Waals surface area contributed by atoms with Crippen LogP contribution < -0.4 is 19.5 Å². The zero-order valence-corrected chi connectivity index (χ0v) is 28.2. The van der Waals surface area contributed by atoms with Gasteiger partial charge in [-0.25, -0.2) is 0 Å². The summed E-state index contributed by atoms with van der Waals surface area (Å²) < 4.78 is 24.1. The predicted octanol–water partition coefficient (Wildman–Crippen LogP) is 4.19. The van der Waals surface area contributed by atoms with Gasteiger partial charge >= 0.3 is 0 Å². The van der Waals surface area contributed by atoms with Crippen molar-refractivity contribution < 1.29 is 43.5 Å². The van der Waals surface area contributed by atoms with Gasteiger partial charge in [0.2, 0.25) is 5.91 Å². The van der Waals surface area contributed by atoms with Gasteiger partial charge in [0.25, 0.3) is 5.91 Å². The van der Waals surface area contributed by atoms with Crippen molar-refractivity contribution in [2.45, 2.75) is 63.4 Å². The number of amides is 2. The Morgan fingerprint density at radius 2 is 1.83 bits per heavy atom. The number of aliphatic hydroxyl groups excluding tert-OH is 3. The van der Waals surface area contributed by atoms with Gasteiger partial charge in [-0.15, -0.1) is 0 Å². The van der Waals surface area contributed by atoms with E-state index in [9.17, 15) is 24.9 Å². The monoisotopic (exact) mass is 748 g/mol. The van der Waals surface area contributed by atoms with E-state index in [1.807, 2.05) is 12.1 Å². The summed E-state index contributed by atoms with van der Waals surface area (Å²) in [6.07, 6.45) is 4.54. The molecule has 2 amide bonds. The fourth-order valence-electron chi connectivity index (χ4n) is 6.36. The molecular formula is C34H41IN2O9. The lowest BCUT2D eigenvalue weighted by Crippen LogP contribution is -2.56. The topological polar surface area (TPSA) is 151 Å². The number of furan rings is 1. The third kappa shape index (κ3) is 7.45. The summed E-state index contributed by atoms with van der Waals surface area (Å²) in [7, 11) is 3.02. The molecule has 11 nitrogen and oxygen atoms in total. The van der Waals surface area contributed by atoms with E-state index < -0.39 is 30.1 Å². The highest BCUT2D eigenvalue weighted by Gasteiger charge is 2.42. The first-order valence-electron chi connectivity index (χ1n) is 15.6. The largest absolute Gasteiger partial charge is 0.493 e. The molecule has 3 unspecified atom stereocenters. The highest BCUT2D eigenvalue weighted by Crippen LogP contribution is 2.38. The molecular weight excluding hydrogens is 707 g/mol. The summed E-state index contributed by atoms with van der Waals surface area (Å²) in [5, 5.41) is 34.4. The molecule has 5 rings (SSSR count). The quantitative estimate of drug-likeness (QED) is 0.200. The lowest BCUT2D eigenvalue weighted by Gasteiger charge is -2.42. The van der Waals surface area contributed by atoms with Gasteiger partial charge in [0, 0.05) is 30.5 Å². The van der Waals surface area contributed by atoms with E-state index in [4.69, 9.17) is 18.6 Å². The van der Waals surface area contributed by atoms with Gasteiger partial charge in [-0.2, -0.15) is 0 Å².